The fourth-order valence-corrected chi connectivity index (χ4v) is 2.69. The third kappa shape index (κ3) is 5.16. The molecule has 0 atom stereocenters. The third-order valence-electron chi connectivity index (χ3n) is 4.30. The quantitative estimate of drug-likeness (QED) is 0.603. The maximum absolute atomic E-state index is 12.5. The Morgan fingerprint density at radius 2 is 1.66 bits per heavy atom. The first-order valence-electron chi connectivity index (χ1n) is 8.99. The second-order valence-corrected chi connectivity index (χ2v) is 6.16. The molecule has 3 aromatic rings. The van der Waals surface area contributed by atoms with Crippen LogP contribution >= 0.6 is 0 Å². The van der Waals surface area contributed by atoms with Gasteiger partial charge in [-0.15, -0.1) is 0 Å². The number of ether oxygens (including phenoxy) is 3. The first-order valence-corrected chi connectivity index (χ1v) is 8.99. The largest absolute Gasteiger partial charge is 0.497 e. The van der Waals surface area contributed by atoms with E-state index in [0.29, 0.717) is 35.1 Å². The second kappa shape index (κ2) is 9.45. The number of anilines is 2. The standard InChI is InChI=1S/C22H23N3O4/c1-27-18-8-4-15(5-9-18)13-23-21-11-6-16(14-24-21)22(26)25-17-7-10-19(28-2)20(12-17)29-3/h4-12,14H,13H2,1-3H3,(H,23,24)(H,25,26). The van der Waals surface area contributed by atoms with E-state index in [-0.39, 0.29) is 5.91 Å². The molecular weight excluding hydrogens is 370 g/mol. The number of rotatable bonds is 8. The van der Waals surface area contributed by atoms with Crippen LogP contribution in [0.3, 0.4) is 0 Å². The zero-order chi connectivity index (χ0) is 20.6. The molecule has 0 radical (unpaired) electrons. The highest BCUT2D eigenvalue weighted by Gasteiger charge is 2.10. The highest BCUT2D eigenvalue weighted by atomic mass is 16.5. The molecule has 0 aliphatic carbocycles. The van der Waals surface area contributed by atoms with Gasteiger partial charge in [0.2, 0.25) is 0 Å². The van der Waals surface area contributed by atoms with Crippen LogP contribution in [0.5, 0.6) is 17.2 Å². The van der Waals surface area contributed by atoms with Crippen LogP contribution < -0.4 is 24.8 Å². The number of hydrogen-bond donors (Lipinski definition) is 2. The van der Waals surface area contributed by atoms with Crippen LogP contribution in [0.15, 0.2) is 60.8 Å². The van der Waals surface area contributed by atoms with Gasteiger partial charge in [0.1, 0.15) is 11.6 Å². The van der Waals surface area contributed by atoms with Gasteiger partial charge in [-0.25, -0.2) is 4.98 Å². The smallest absolute Gasteiger partial charge is 0.257 e. The molecule has 1 amide bonds. The molecule has 7 heteroatoms. The van der Waals surface area contributed by atoms with E-state index in [0.717, 1.165) is 11.3 Å². The predicted molar refractivity (Wildman–Crippen MR) is 112 cm³/mol. The van der Waals surface area contributed by atoms with Crippen LogP contribution in [-0.4, -0.2) is 32.2 Å². The number of carbonyl (C=O) groups excluding carboxylic acids is 1. The van der Waals surface area contributed by atoms with E-state index >= 15 is 0 Å². The second-order valence-electron chi connectivity index (χ2n) is 6.16. The molecule has 0 spiro atoms. The van der Waals surface area contributed by atoms with Crippen LogP contribution in [0.4, 0.5) is 11.5 Å². The number of methoxy groups -OCH3 is 3. The average Bonchev–Trinajstić information content (AvgIpc) is 2.78. The normalized spacial score (nSPS) is 10.2. The van der Waals surface area contributed by atoms with Gasteiger partial charge in [0.05, 0.1) is 26.9 Å². The van der Waals surface area contributed by atoms with Gasteiger partial charge in [-0.1, -0.05) is 12.1 Å². The van der Waals surface area contributed by atoms with Gasteiger partial charge in [0.15, 0.2) is 11.5 Å². The molecule has 0 bridgehead atoms. The predicted octanol–water partition coefficient (Wildman–Crippen LogP) is 3.97. The molecule has 2 N–H and O–H groups in total. The fourth-order valence-electron chi connectivity index (χ4n) is 2.69. The monoisotopic (exact) mass is 393 g/mol. The number of benzene rings is 2. The zero-order valence-corrected chi connectivity index (χ0v) is 16.6. The van der Waals surface area contributed by atoms with Crippen LogP contribution in [0.25, 0.3) is 0 Å². The van der Waals surface area contributed by atoms with Crippen molar-refractivity contribution in [3.63, 3.8) is 0 Å². The molecule has 0 aliphatic heterocycles. The fraction of sp³-hybridized carbons (Fsp3) is 0.182. The summed E-state index contributed by atoms with van der Waals surface area (Å²) in [5.41, 5.74) is 2.16. The Bertz CT molecular complexity index is 957. The van der Waals surface area contributed by atoms with Gasteiger partial charge in [0, 0.05) is 24.5 Å². The molecule has 3 rings (SSSR count). The van der Waals surface area contributed by atoms with Crippen molar-refractivity contribution in [1.82, 2.24) is 4.98 Å². The Hall–Kier alpha value is -3.74. The van der Waals surface area contributed by atoms with E-state index in [1.807, 2.05) is 24.3 Å². The van der Waals surface area contributed by atoms with Crippen molar-refractivity contribution in [1.29, 1.82) is 0 Å². The number of carbonyl (C=O) groups is 1. The summed E-state index contributed by atoms with van der Waals surface area (Å²) in [5, 5.41) is 6.05. The van der Waals surface area contributed by atoms with Crippen molar-refractivity contribution < 1.29 is 19.0 Å². The van der Waals surface area contributed by atoms with Crippen LogP contribution in [-0.2, 0) is 6.54 Å². The molecule has 0 saturated heterocycles. The number of aromatic nitrogens is 1. The lowest BCUT2D eigenvalue weighted by Crippen LogP contribution is -2.12. The molecule has 1 aromatic heterocycles. The highest BCUT2D eigenvalue weighted by molar-refractivity contribution is 6.04. The summed E-state index contributed by atoms with van der Waals surface area (Å²) in [7, 11) is 4.75. The van der Waals surface area contributed by atoms with Gasteiger partial charge in [-0.3, -0.25) is 4.79 Å². The summed E-state index contributed by atoms with van der Waals surface area (Å²) in [6, 6.07) is 16.5. The third-order valence-corrected chi connectivity index (χ3v) is 4.30. The van der Waals surface area contributed by atoms with Crippen LogP contribution in [0.1, 0.15) is 15.9 Å². The molecule has 150 valence electrons. The lowest BCUT2D eigenvalue weighted by Gasteiger charge is -2.11. The molecule has 0 aliphatic rings. The molecular formula is C22H23N3O4. The van der Waals surface area contributed by atoms with Crippen molar-refractivity contribution in [2.75, 3.05) is 32.0 Å². The summed E-state index contributed by atoms with van der Waals surface area (Å²) in [4.78, 5) is 16.8. The van der Waals surface area contributed by atoms with Crippen molar-refractivity contribution in [3.8, 4) is 17.2 Å². The molecule has 7 nitrogen and oxygen atoms in total. The minimum Gasteiger partial charge on any atom is -0.497 e. The minimum atomic E-state index is -0.258. The highest BCUT2D eigenvalue weighted by Crippen LogP contribution is 2.29. The van der Waals surface area contributed by atoms with Gasteiger partial charge in [-0.2, -0.15) is 0 Å². The van der Waals surface area contributed by atoms with Crippen molar-refractivity contribution >= 4 is 17.4 Å². The van der Waals surface area contributed by atoms with Gasteiger partial charge < -0.3 is 24.8 Å². The first kappa shape index (κ1) is 20.0. The Balaban J connectivity index is 1.59. The maximum atomic E-state index is 12.5. The number of amides is 1. The zero-order valence-electron chi connectivity index (χ0n) is 16.6. The Labute approximate surface area is 169 Å². The number of pyridine rings is 1. The Morgan fingerprint density at radius 1 is 0.897 bits per heavy atom. The van der Waals surface area contributed by atoms with Gasteiger partial charge in [0.25, 0.3) is 5.91 Å². The van der Waals surface area contributed by atoms with E-state index in [1.54, 1.807) is 51.7 Å². The summed E-state index contributed by atoms with van der Waals surface area (Å²) >= 11 is 0. The average molecular weight is 393 g/mol. The van der Waals surface area contributed by atoms with Gasteiger partial charge >= 0.3 is 0 Å². The van der Waals surface area contributed by atoms with Crippen molar-refractivity contribution in [2.24, 2.45) is 0 Å². The first-order chi connectivity index (χ1) is 14.1. The molecule has 29 heavy (non-hydrogen) atoms. The summed E-state index contributed by atoms with van der Waals surface area (Å²) in [5.74, 6) is 2.38. The number of nitrogens with one attached hydrogen (secondary N) is 2. The molecule has 0 unspecified atom stereocenters. The number of hydrogen-bond acceptors (Lipinski definition) is 6. The van der Waals surface area contributed by atoms with Crippen LogP contribution in [0, 0.1) is 0 Å². The Morgan fingerprint density at radius 3 is 2.28 bits per heavy atom. The minimum absolute atomic E-state index is 0.258. The SMILES string of the molecule is COc1ccc(CNc2ccc(C(=O)Nc3ccc(OC)c(OC)c3)cn2)cc1. The van der Waals surface area contributed by atoms with Crippen molar-refractivity contribution in [2.45, 2.75) is 6.54 Å². The maximum Gasteiger partial charge on any atom is 0.257 e. The molecule has 0 fully saturated rings. The summed E-state index contributed by atoms with van der Waals surface area (Å²) in [6.45, 7) is 0.619. The van der Waals surface area contributed by atoms with E-state index in [2.05, 4.69) is 15.6 Å². The van der Waals surface area contributed by atoms with E-state index in [9.17, 15) is 4.79 Å². The number of nitrogens with zero attached hydrogens (tertiary/aromatic N) is 1. The molecule has 1 heterocycles. The molecule has 2 aromatic carbocycles. The summed E-state index contributed by atoms with van der Waals surface area (Å²) < 4.78 is 15.6. The topological polar surface area (TPSA) is 81.7 Å². The van der Waals surface area contributed by atoms with Gasteiger partial charge in [-0.05, 0) is 42.0 Å². The van der Waals surface area contributed by atoms with E-state index in [4.69, 9.17) is 14.2 Å². The van der Waals surface area contributed by atoms with Crippen LogP contribution in [0.2, 0.25) is 0 Å². The van der Waals surface area contributed by atoms with E-state index < -0.39 is 0 Å². The molecule has 0 saturated carbocycles. The van der Waals surface area contributed by atoms with Crippen molar-refractivity contribution in [3.05, 3.63) is 71.9 Å². The Kier molecular flexibility index (Phi) is 6.52. The van der Waals surface area contributed by atoms with E-state index in [1.165, 1.54) is 6.20 Å². The lowest BCUT2D eigenvalue weighted by atomic mass is 10.2. The summed E-state index contributed by atoms with van der Waals surface area (Å²) in [6.07, 6.45) is 1.53. The lowest BCUT2D eigenvalue weighted by molar-refractivity contribution is 0.102.